The molecule has 0 saturated carbocycles. The van der Waals surface area contributed by atoms with Gasteiger partial charge < -0.3 is 0 Å². The van der Waals surface area contributed by atoms with Crippen LogP contribution in [0.5, 0.6) is 0 Å². The molecule has 0 aliphatic carbocycles. The summed E-state index contributed by atoms with van der Waals surface area (Å²) in [6.07, 6.45) is 1.63. The molecule has 0 spiro atoms. The van der Waals surface area contributed by atoms with Crippen LogP contribution in [-0.2, 0) is 10.5 Å². The van der Waals surface area contributed by atoms with Crippen LogP contribution in [0.3, 0.4) is 0 Å². The summed E-state index contributed by atoms with van der Waals surface area (Å²) in [6, 6.07) is 17.8. The standard InChI is InChI=1S/C16H15BrN2OS/c17-15-8-6-13(7-9-15)10-18-19-16(20)12-21-11-14-4-2-1-3-5-14/h1-10H,11-12H2,(H,19,20)/b18-10+. The second-order valence-corrected chi connectivity index (χ2v) is 6.22. The molecule has 2 aromatic rings. The van der Waals surface area contributed by atoms with Gasteiger partial charge in [-0.2, -0.15) is 5.10 Å². The number of hydrogen-bond acceptors (Lipinski definition) is 3. The molecule has 0 radical (unpaired) electrons. The molecule has 108 valence electrons. The molecule has 0 fully saturated rings. The van der Waals surface area contributed by atoms with Gasteiger partial charge in [-0.3, -0.25) is 4.79 Å². The Hall–Kier alpha value is -1.59. The first-order valence-electron chi connectivity index (χ1n) is 6.43. The topological polar surface area (TPSA) is 41.5 Å². The summed E-state index contributed by atoms with van der Waals surface area (Å²) in [4.78, 5) is 11.6. The van der Waals surface area contributed by atoms with E-state index >= 15 is 0 Å². The molecule has 1 N–H and O–H groups in total. The molecular formula is C16H15BrN2OS. The van der Waals surface area contributed by atoms with Gasteiger partial charge >= 0.3 is 0 Å². The molecule has 0 unspecified atom stereocenters. The number of carbonyl (C=O) groups is 1. The van der Waals surface area contributed by atoms with E-state index in [1.165, 1.54) is 5.56 Å². The molecule has 0 atom stereocenters. The third-order valence-electron chi connectivity index (χ3n) is 2.62. The maximum atomic E-state index is 11.6. The third kappa shape index (κ3) is 6.14. The van der Waals surface area contributed by atoms with Crippen molar-refractivity contribution in [1.82, 2.24) is 5.43 Å². The Morgan fingerprint density at radius 3 is 2.57 bits per heavy atom. The van der Waals surface area contributed by atoms with Crippen LogP contribution in [0, 0.1) is 0 Å². The average molecular weight is 363 g/mol. The van der Waals surface area contributed by atoms with Crippen LogP contribution in [-0.4, -0.2) is 17.9 Å². The number of nitrogens with one attached hydrogen (secondary N) is 1. The number of carbonyl (C=O) groups excluding carboxylic acids is 1. The number of hydrazone groups is 1. The van der Waals surface area contributed by atoms with Crippen molar-refractivity contribution in [3.05, 3.63) is 70.2 Å². The van der Waals surface area contributed by atoms with E-state index in [0.717, 1.165) is 15.8 Å². The highest BCUT2D eigenvalue weighted by molar-refractivity contribution is 9.10. The van der Waals surface area contributed by atoms with Crippen LogP contribution in [0.15, 0.2) is 64.2 Å². The Morgan fingerprint density at radius 2 is 1.86 bits per heavy atom. The van der Waals surface area contributed by atoms with Crippen LogP contribution in [0.25, 0.3) is 0 Å². The molecule has 5 heteroatoms. The van der Waals surface area contributed by atoms with E-state index in [2.05, 4.69) is 38.6 Å². The van der Waals surface area contributed by atoms with E-state index in [9.17, 15) is 4.79 Å². The Bertz CT molecular complexity index is 599. The monoisotopic (exact) mass is 362 g/mol. The number of benzene rings is 2. The van der Waals surface area contributed by atoms with Gasteiger partial charge in [-0.1, -0.05) is 58.4 Å². The zero-order valence-corrected chi connectivity index (χ0v) is 13.7. The number of nitrogens with zero attached hydrogens (tertiary/aromatic N) is 1. The van der Waals surface area contributed by atoms with Crippen molar-refractivity contribution >= 4 is 39.8 Å². The lowest BCUT2D eigenvalue weighted by Crippen LogP contribution is -2.19. The van der Waals surface area contributed by atoms with Gasteiger partial charge in [0.05, 0.1) is 12.0 Å². The first-order chi connectivity index (χ1) is 10.2. The van der Waals surface area contributed by atoms with Gasteiger partial charge in [0.2, 0.25) is 5.91 Å². The lowest BCUT2D eigenvalue weighted by molar-refractivity contribution is -0.118. The second-order valence-electron chi connectivity index (χ2n) is 4.32. The Kier molecular flexibility index (Phi) is 6.50. The Balaban J connectivity index is 1.69. The van der Waals surface area contributed by atoms with Crippen molar-refractivity contribution < 1.29 is 4.79 Å². The minimum Gasteiger partial charge on any atom is -0.272 e. The molecule has 2 rings (SSSR count). The van der Waals surface area contributed by atoms with Crippen molar-refractivity contribution in [3.8, 4) is 0 Å². The zero-order valence-electron chi connectivity index (χ0n) is 11.3. The first kappa shape index (κ1) is 15.8. The van der Waals surface area contributed by atoms with E-state index in [1.807, 2.05) is 42.5 Å². The number of rotatable bonds is 6. The minimum absolute atomic E-state index is 0.0932. The van der Waals surface area contributed by atoms with Crippen molar-refractivity contribution in [2.75, 3.05) is 5.75 Å². The number of thioether (sulfide) groups is 1. The molecular weight excluding hydrogens is 348 g/mol. The SMILES string of the molecule is O=C(CSCc1ccccc1)N/N=C/c1ccc(Br)cc1. The highest BCUT2D eigenvalue weighted by Gasteiger charge is 2.00. The predicted molar refractivity (Wildman–Crippen MR) is 92.5 cm³/mol. The van der Waals surface area contributed by atoms with E-state index in [1.54, 1.807) is 18.0 Å². The van der Waals surface area contributed by atoms with Crippen LogP contribution >= 0.6 is 27.7 Å². The van der Waals surface area contributed by atoms with Crippen LogP contribution in [0.1, 0.15) is 11.1 Å². The van der Waals surface area contributed by atoms with Crippen LogP contribution < -0.4 is 5.43 Å². The molecule has 2 aromatic carbocycles. The largest absolute Gasteiger partial charge is 0.272 e. The van der Waals surface area contributed by atoms with Crippen molar-refractivity contribution in [1.29, 1.82) is 0 Å². The van der Waals surface area contributed by atoms with Crippen molar-refractivity contribution in [2.24, 2.45) is 5.10 Å². The maximum Gasteiger partial charge on any atom is 0.250 e. The first-order valence-corrected chi connectivity index (χ1v) is 8.38. The lowest BCUT2D eigenvalue weighted by Gasteiger charge is -2.01. The highest BCUT2D eigenvalue weighted by Crippen LogP contribution is 2.11. The minimum atomic E-state index is -0.0932. The molecule has 0 aliphatic heterocycles. The molecule has 21 heavy (non-hydrogen) atoms. The van der Waals surface area contributed by atoms with Gasteiger partial charge in [0.1, 0.15) is 0 Å². The maximum absolute atomic E-state index is 11.6. The Labute approximate surface area is 137 Å². The summed E-state index contributed by atoms with van der Waals surface area (Å²) in [6.45, 7) is 0. The van der Waals surface area contributed by atoms with E-state index in [4.69, 9.17) is 0 Å². The number of hydrogen-bond donors (Lipinski definition) is 1. The quantitative estimate of drug-likeness (QED) is 0.626. The molecule has 0 heterocycles. The smallest absolute Gasteiger partial charge is 0.250 e. The second kappa shape index (κ2) is 8.64. The molecule has 0 aliphatic rings. The van der Waals surface area contributed by atoms with E-state index in [-0.39, 0.29) is 5.91 Å². The van der Waals surface area contributed by atoms with Crippen LogP contribution in [0.2, 0.25) is 0 Å². The molecule has 0 aromatic heterocycles. The van der Waals surface area contributed by atoms with Gasteiger partial charge in [0.15, 0.2) is 0 Å². The number of halogens is 1. The molecule has 0 bridgehead atoms. The predicted octanol–water partition coefficient (Wildman–Crippen LogP) is 3.83. The van der Waals surface area contributed by atoms with Gasteiger partial charge in [-0.05, 0) is 23.3 Å². The van der Waals surface area contributed by atoms with E-state index < -0.39 is 0 Å². The summed E-state index contributed by atoms with van der Waals surface area (Å²) < 4.78 is 1.01. The zero-order chi connectivity index (χ0) is 14.9. The summed E-state index contributed by atoms with van der Waals surface area (Å²) in [5.41, 5.74) is 4.69. The van der Waals surface area contributed by atoms with E-state index in [0.29, 0.717) is 5.75 Å². The van der Waals surface area contributed by atoms with Gasteiger partial charge in [0, 0.05) is 10.2 Å². The van der Waals surface area contributed by atoms with Crippen molar-refractivity contribution in [3.63, 3.8) is 0 Å². The van der Waals surface area contributed by atoms with Gasteiger partial charge in [0.25, 0.3) is 0 Å². The van der Waals surface area contributed by atoms with Crippen LogP contribution in [0.4, 0.5) is 0 Å². The average Bonchev–Trinajstić information content (AvgIpc) is 2.50. The Morgan fingerprint density at radius 1 is 1.14 bits per heavy atom. The van der Waals surface area contributed by atoms with Gasteiger partial charge in [-0.15, -0.1) is 11.8 Å². The third-order valence-corrected chi connectivity index (χ3v) is 4.15. The normalized spacial score (nSPS) is 10.7. The fourth-order valence-electron chi connectivity index (χ4n) is 1.60. The molecule has 1 amide bonds. The lowest BCUT2D eigenvalue weighted by atomic mass is 10.2. The fourth-order valence-corrected chi connectivity index (χ4v) is 2.64. The number of amides is 1. The van der Waals surface area contributed by atoms with Gasteiger partial charge in [-0.25, -0.2) is 5.43 Å². The highest BCUT2D eigenvalue weighted by atomic mass is 79.9. The summed E-state index contributed by atoms with van der Waals surface area (Å²) in [5.74, 6) is 1.13. The molecule has 0 saturated heterocycles. The molecule has 3 nitrogen and oxygen atoms in total. The summed E-state index contributed by atoms with van der Waals surface area (Å²) >= 11 is 4.94. The summed E-state index contributed by atoms with van der Waals surface area (Å²) in [7, 11) is 0. The fraction of sp³-hybridized carbons (Fsp3) is 0.125. The van der Waals surface area contributed by atoms with Crippen molar-refractivity contribution in [2.45, 2.75) is 5.75 Å². The summed E-state index contributed by atoms with van der Waals surface area (Å²) in [5, 5.41) is 3.94.